The molecule has 1 aromatic heterocycles. The van der Waals surface area contributed by atoms with Crippen molar-refractivity contribution in [3.8, 4) is 0 Å². The van der Waals surface area contributed by atoms with Crippen LogP contribution >= 0.6 is 0 Å². The minimum atomic E-state index is 0.823. The van der Waals surface area contributed by atoms with E-state index >= 15 is 0 Å². The number of hydrogen-bond acceptors (Lipinski definition) is 4. The number of piperazine rings is 1. The van der Waals surface area contributed by atoms with Crippen LogP contribution < -0.4 is 5.73 Å². The summed E-state index contributed by atoms with van der Waals surface area (Å²) in [5.41, 5.74) is 5.52. The van der Waals surface area contributed by atoms with Crippen molar-refractivity contribution in [2.45, 2.75) is 19.4 Å². The van der Waals surface area contributed by atoms with Crippen LogP contribution in [0, 0.1) is 0 Å². The van der Waals surface area contributed by atoms with E-state index in [1.54, 1.807) is 0 Å². The van der Waals surface area contributed by atoms with Gasteiger partial charge in [-0.3, -0.25) is 9.58 Å². The lowest BCUT2D eigenvalue weighted by atomic mass is 10.2. The second-order valence-electron chi connectivity index (χ2n) is 4.95. The third kappa shape index (κ3) is 4.40. The minimum absolute atomic E-state index is 0.823. The highest BCUT2D eigenvalue weighted by Gasteiger charge is 2.15. The molecular formula is C13H25N5. The molecule has 5 nitrogen and oxygen atoms in total. The van der Waals surface area contributed by atoms with Crippen LogP contribution in [0.3, 0.4) is 0 Å². The van der Waals surface area contributed by atoms with Crippen molar-refractivity contribution in [2.24, 2.45) is 5.73 Å². The van der Waals surface area contributed by atoms with Crippen molar-refractivity contribution in [3.05, 3.63) is 18.5 Å². The molecule has 0 saturated carbocycles. The molecular weight excluding hydrogens is 226 g/mol. The molecule has 0 unspecified atom stereocenters. The Morgan fingerprint density at radius 3 is 2.28 bits per heavy atom. The fraction of sp³-hybridized carbons (Fsp3) is 0.769. The molecule has 0 bridgehead atoms. The molecule has 2 rings (SSSR count). The van der Waals surface area contributed by atoms with Gasteiger partial charge in [0.25, 0.3) is 0 Å². The molecule has 1 aliphatic rings. The Morgan fingerprint density at radius 2 is 1.67 bits per heavy atom. The average Bonchev–Trinajstić information content (AvgIpc) is 2.91. The zero-order valence-corrected chi connectivity index (χ0v) is 11.2. The molecule has 0 atom stereocenters. The lowest BCUT2D eigenvalue weighted by Gasteiger charge is -2.34. The molecule has 102 valence electrons. The van der Waals surface area contributed by atoms with Crippen LogP contribution in [0.1, 0.15) is 12.8 Å². The van der Waals surface area contributed by atoms with E-state index in [2.05, 4.69) is 14.9 Å². The fourth-order valence-corrected chi connectivity index (χ4v) is 2.39. The minimum Gasteiger partial charge on any atom is -0.330 e. The zero-order valence-electron chi connectivity index (χ0n) is 11.2. The van der Waals surface area contributed by atoms with Gasteiger partial charge in [0.05, 0.1) is 6.54 Å². The number of unbranched alkanes of at least 4 members (excludes halogenated alkanes) is 1. The summed E-state index contributed by atoms with van der Waals surface area (Å²) in [5, 5.41) is 4.23. The third-order valence-corrected chi connectivity index (χ3v) is 3.60. The molecule has 0 radical (unpaired) electrons. The maximum Gasteiger partial charge on any atom is 0.0536 e. The molecule has 0 aliphatic carbocycles. The lowest BCUT2D eigenvalue weighted by Crippen LogP contribution is -2.47. The maximum atomic E-state index is 5.52. The molecule has 1 aromatic rings. The first-order chi connectivity index (χ1) is 8.88. The van der Waals surface area contributed by atoms with E-state index in [9.17, 15) is 0 Å². The Labute approximate surface area is 110 Å². The molecule has 1 saturated heterocycles. The Balaban J connectivity index is 1.58. The van der Waals surface area contributed by atoms with E-state index in [-0.39, 0.29) is 0 Å². The van der Waals surface area contributed by atoms with Gasteiger partial charge in [0.2, 0.25) is 0 Å². The van der Waals surface area contributed by atoms with Crippen LogP contribution in [0.5, 0.6) is 0 Å². The predicted octanol–water partition coefficient (Wildman–Crippen LogP) is 0.240. The maximum absolute atomic E-state index is 5.52. The van der Waals surface area contributed by atoms with Crippen molar-refractivity contribution in [3.63, 3.8) is 0 Å². The van der Waals surface area contributed by atoms with Gasteiger partial charge in [-0.25, -0.2) is 0 Å². The topological polar surface area (TPSA) is 50.3 Å². The van der Waals surface area contributed by atoms with Crippen LogP contribution in [-0.2, 0) is 6.54 Å². The number of nitrogens with two attached hydrogens (primary N) is 1. The summed E-state index contributed by atoms with van der Waals surface area (Å²) < 4.78 is 2.01. The molecule has 5 heteroatoms. The van der Waals surface area contributed by atoms with Crippen LogP contribution in [0.15, 0.2) is 18.5 Å². The summed E-state index contributed by atoms with van der Waals surface area (Å²) in [7, 11) is 0. The highest BCUT2D eigenvalue weighted by atomic mass is 15.3. The SMILES string of the molecule is NCCCCN1CCN(CCn2cccn2)CC1. The predicted molar refractivity (Wildman–Crippen MR) is 73.4 cm³/mol. The monoisotopic (exact) mass is 251 g/mol. The third-order valence-electron chi connectivity index (χ3n) is 3.60. The van der Waals surface area contributed by atoms with E-state index in [1.807, 2.05) is 23.1 Å². The van der Waals surface area contributed by atoms with Gasteiger partial charge in [0.1, 0.15) is 0 Å². The quantitative estimate of drug-likeness (QED) is 0.705. The van der Waals surface area contributed by atoms with Crippen LogP contribution in [0.25, 0.3) is 0 Å². The first-order valence-electron chi connectivity index (χ1n) is 7.00. The molecule has 18 heavy (non-hydrogen) atoms. The average molecular weight is 251 g/mol. The first kappa shape index (κ1) is 13.5. The van der Waals surface area contributed by atoms with E-state index in [1.165, 1.54) is 39.1 Å². The lowest BCUT2D eigenvalue weighted by molar-refractivity contribution is 0.127. The largest absolute Gasteiger partial charge is 0.330 e. The summed E-state index contributed by atoms with van der Waals surface area (Å²) in [6.07, 6.45) is 6.27. The Bertz CT molecular complexity index is 303. The second-order valence-corrected chi connectivity index (χ2v) is 4.95. The van der Waals surface area contributed by atoms with Gasteiger partial charge in [0, 0.05) is 45.1 Å². The van der Waals surface area contributed by atoms with Gasteiger partial charge in [-0.2, -0.15) is 5.10 Å². The molecule has 1 aliphatic heterocycles. The van der Waals surface area contributed by atoms with Gasteiger partial charge in [-0.15, -0.1) is 0 Å². The number of rotatable bonds is 7. The Kier molecular flexibility index (Phi) is 5.64. The van der Waals surface area contributed by atoms with E-state index in [0.717, 1.165) is 26.1 Å². The summed E-state index contributed by atoms with van der Waals surface area (Å²) >= 11 is 0. The molecule has 1 fully saturated rings. The van der Waals surface area contributed by atoms with Crippen LogP contribution in [-0.4, -0.2) is 65.4 Å². The smallest absolute Gasteiger partial charge is 0.0536 e. The van der Waals surface area contributed by atoms with Crippen LogP contribution in [0.2, 0.25) is 0 Å². The highest BCUT2D eigenvalue weighted by Crippen LogP contribution is 2.03. The van der Waals surface area contributed by atoms with Gasteiger partial charge >= 0.3 is 0 Å². The summed E-state index contributed by atoms with van der Waals surface area (Å²) in [4.78, 5) is 5.08. The first-order valence-corrected chi connectivity index (χ1v) is 7.00. The fourth-order valence-electron chi connectivity index (χ4n) is 2.39. The van der Waals surface area contributed by atoms with E-state index < -0.39 is 0 Å². The number of nitrogens with zero attached hydrogens (tertiary/aromatic N) is 4. The summed E-state index contributed by atoms with van der Waals surface area (Å²) in [6.45, 7) is 8.91. The standard InChI is InChI=1S/C13H25N5/c14-4-1-2-6-16-8-10-17(11-9-16)12-13-18-7-3-5-15-18/h3,5,7H,1-2,4,6,8-14H2. The van der Waals surface area contributed by atoms with Crippen molar-refractivity contribution < 1.29 is 0 Å². The van der Waals surface area contributed by atoms with Crippen LogP contribution in [0.4, 0.5) is 0 Å². The van der Waals surface area contributed by atoms with Crippen molar-refractivity contribution in [2.75, 3.05) is 45.8 Å². The normalized spacial score (nSPS) is 18.3. The molecule has 0 aromatic carbocycles. The van der Waals surface area contributed by atoms with Crippen molar-refractivity contribution >= 4 is 0 Å². The highest BCUT2D eigenvalue weighted by molar-refractivity contribution is 4.78. The van der Waals surface area contributed by atoms with Gasteiger partial charge < -0.3 is 10.6 Å². The van der Waals surface area contributed by atoms with Gasteiger partial charge in [-0.1, -0.05) is 0 Å². The second kappa shape index (κ2) is 7.51. The summed E-state index contributed by atoms with van der Waals surface area (Å²) in [5.74, 6) is 0. The van der Waals surface area contributed by atoms with Crippen molar-refractivity contribution in [1.29, 1.82) is 0 Å². The van der Waals surface area contributed by atoms with Gasteiger partial charge in [-0.05, 0) is 32.0 Å². The number of hydrogen-bond donors (Lipinski definition) is 1. The zero-order chi connectivity index (χ0) is 12.6. The molecule has 2 heterocycles. The van der Waals surface area contributed by atoms with E-state index in [4.69, 9.17) is 5.73 Å². The van der Waals surface area contributed by atoms with Crippen molar-refractivity contribution in [1.82, 2.24) is 19.6 Å². The molecule has 0 amide bonds. The molecule has 0 spiro atoms. The van der Waals surface area contributed by atoms with E-state index in [0.29, 0.717) is 0 Å². The Hall–Kier alpha value is -0.910. The number of aromatic nitrogens is 2. The summed E-state index contributed by atoms with van der Waals surface area (Å²) in [6, 6.07) is 1.98. The molecule has 2 N–H and O–H groups in total. The van der Waals surface area contributed by atoms with Gasteiger partial charge in [0.15, 0.2) is 0 Å². The Morgan fingerprint density at radius 1 is 0.944 bits per heavy atom.